The molecule has 1 aromatic rings. The molecule has 0 fully saturated rings. The molecular weight excluding hydrogens is 150 g/mol. The van der Waals surface area contributed by atoms with E-state index in [-0.39, 0.29) is 0 Å². The van der Waals surface area contributed by atoms with Gasteiger partial charge in [0, 0.05) is 13.6 Å². The van der Waals surface area contributed by atoms with Gasteiger partial charge < -0.3 is 5.32 Å². The van der Waals surface area contributed by atoms with Crippen LogP contribution in [0, 0.1) is 6.92 Å². The van der Waals surface area contributed by atoms with Gasteiger partial charge in [-0.1, -0.05) is 6.92 Å². The van der Waals surface area contributed by atoms with Gasteiger partial charge in [-0.15, -0.1) is 0 Å². The average molecular weight is 167 g/mol. The molecule has 68 valence electrons. The summed E-state index contributed by atoms with van der Waals surface area (Å²) < 4.78 is 1.93. The quantitative estimate of drug-likeness (QED) is 0.683. The monoisotopic (exact) mass is 167 g/mol. The second kappa shape index (κ2) is 4.26. The fourth-order valence-corrected chi connectivity index (χ4v) is 1.22. The van der Waals surface area contributed by atoms with E-state index >= 15 is 0 Å². The van der Waals surface area contributed by atoms with Crippen molar-refractivity contribution in [1.29, 1.82) is 0 Å². The van der Waals surface area contributed by atoms with Crippen molar-refractivity contribution < 1.29 is 0 Å². The summed E-state index contributed by atoms with van der Waals surface area (Å²) in [5.74, 6) is 0. The Hall–Kier alpha value is -0.830. The van der Waals surface area contributed by atoms with Gasteiger partial charge in [0.05, 0.1) is 11.4 Å². The third-order valence-electron chi connectivity index (χ3n) is 1.83. The van der Waals surface area contributed by atoms with Crippen molar-refractivity contribution in [2.75, 3.05) is 6.54 Å². The second-order valence-corrected chi connectivity index (χ2v) is 3.08. The first-order valence-corrected chi connectivity index (χ1v) is 4.44. The predicted molar refractivity (Wildman–Crippen MR) is 49.9 cm³/mol. The van der Waals surface area contributed by atoms with Crippen LogP contribution in [0.15, 0.2) is 6.07 Å². The molecule has 3 heteroatoms. The number of aromatic nitrogens is 2. The summed E-state index contributed by atoms with van der Waals surface area (Å²) in [6.07, 6.45) is 1.18. The van der Waals surface area contributed by atoms with Crippen molar-refractivity contribution in [3.05, 3.63) is 17.5 Å². The van der Waals surface area contributed by atoms with Gasteiger partial charge in [0.1, 0.15) is 0 Å². The molecule has 3 nitrogen and oxygen atoms in total. The van der Waals surface area contributed by atoms with Crippen LogP contribution in [-0.2, 0) is 13.6 Å². The molecule has 0 radical (unpaired) electrons. The zero-order chi connectivity index (χ0) is 8.97. The average Bonchev–Trinajstić information content (AvgIpc) is 2.31. The number of nitrogens with one attached hydrogen (secondary N) is 1. The first-order valence-electron chi connectivity index (χ1n) is 4.44. The summed E-state index contributed by atoms with van der Waals surface area (Å²) >= 11 is 0. The number of rotatable bonds is 4. The third kappa shape index (κ3) is 2.34. The van der Waals surface area contributed by atoms with Crippen LogP contribution >= 0.6 is 0 Å². The van der Waals surface area contributed by atoms with E-state index in [9.17, 15) is 0 Å². The van der Waals surface area contributed by atoms with Crippen LogP contribution < -0.4 is 5.32 Å². The lowest BCUT2D eigenvalue weighted by molar-refractivity contribution is 0.619. The Labute approximate surface area is 73.8 Å². The Morgan fingerprint density at radius 1 is 1.58 bits per heavy atom. The molecule has 0 atom stereocenters. The molecule has 0 spiro atoms. The normalized spacial score (nSPS) is 10.6. The zero-order valence-corrected chi connectivity index (χ0v) is 8.09. The maximum Gasteiger partial charge on any atom is 0.0597 e. The molecule has 0 saturated heterocycles. The first kappa shape index (κ1) is 9.26. The Morgan fingerprint density at radius 2 is 2.33 bits per heavy atom. The highest BCUT2D eigenvalue weighted by molar-refractivity contribution is 5.07. The molecule has 0 unspecified atom stereocenters. The van der Waals surface area contributed by atoms with Crippen molar-refractivity contribution in [2.45, 2.75) is 26.8 Å². The largest absolute Gasteiger partial charge is 0.311 e. The number of hydrogen-bond donors (Lipinski definition) is 1. The van der Waals surface area contributed by atoms with Gasteiger partial charge in [0.25, 0.3) is 0 Å². The van der Waals surface area contributed by atoms with E-state index in [0.717, 1.165) is 18.8 Å². The van der Waals surface area contributed by atoms with Gasteiger partial charge in [0.2, 0.25) is 0 Å². The van der Waals surface area contributed by atoms with E-state index in [1.807, 2.05) is 18.7 Å². The van der Waals surface area contributed by atoms with Gasteiger partial charge in [0.15, 0.2) is 0 Å². The van der Waals surface area contributed by atoms with E-state index in [1.54, 1.807) is 0 Å². The van der Waals surface area contributed by atoms with E-state index in [4.69, 9.17) is 0 Å². The number of aryl methyl sites for hydroxylation is 2. The molecule has 12 heavy (non-hydrogen) atoms. The molecule has 1 heterocycles. The van der Waals surface area contributed by atoms with E-state index in [0.29, 0.717) is 0 Å². The molecular formula is C9H17N3. The van der Waals surface area contributed by atoms with Crippen LogP contribution in [0.3, 0.4) is 0 Å². The molecule has 0 aliphatic heterocycles. The lowest BCUT2D eigenvalue weighted by atomic mass is 10.3. The molecule has 0 saturated carbocycles. The van der Waals surface area contributed by atoms with Gasteiger partial charge in [-0.2, -0.15) is 5.10 Å². The summed E-state index contributed by atoms with van der Waals surface area (Å²) in [5, 5.41) is 7.61. The lowest BCUT2D eigenvalue weighted by Gasteiger charge is -2.02. The first-order chi connectivity index (χ1) is 5.74. The smallest absolute Gasteiger partial charge is 0.0597 e. The van der Waals surface area contributed by atoms with Gasteiger partial charge in [-0.05, 0) is 26.0 Å². The summed E-state index contributed by atoms with van der Waals surface area (Å²) in [6, 6.07) is 2.11. The highest BCUT2D eigenvalue weighted by Gasteiger charge is 1.99. The van der Waals surface area contributed by atoms with Crippen LogP contribution in [0.5, 0.6) is 0 Å². The van der Waals surface area contributed by atoms with Crippen LogP contribution in [0.25, 0.3) is 0 Å². The van der Waals surface area contributed by atoms with Crippen molar-refractivity contribution in [2.24, 2.45) is 7.05 Å². The van der Waals surface area contributed by atoms with Gasteiger partial charge >= 0.3 is 0 Å². The van der Waals surface area contributed by atoms with Crippen LogP contribution in [-0.4, -0.2) is 16.3 Å². The fourth-order valence-electron chi connectivity index (χ4n) is 1.22. The van der Waals surface area contributed by atoms with Crippen molar-refractivity contribution in [1.82, 2.24) is 15.1 Å². The Kier molecular flexibility index (Phi) is 3.29. The Balaban J connectivity index is 2.45. The van der Waals surface area contributed by atoms with Crippen molar-refractivity contribution in [3.8, 4) is 0 Å². The molecule has 0 aliphatic carbocycles. The molecule has 1 N–H and O–H groups in total. The van der Waals surface area contributed by atoms with Crippen LogP contribution in [0.4, 0.5) is 0 Å². The molecule has 0 bridgehead atoms. The SMILES string of the molecule is CCCNCc1cc(C)nn1C. The number of hydrogen-bond acceptors (Lipinski definition) is 2. The van der Waals surface area contributed by atoms with Gasteiger partial charge in [-0.3, -0.25) is 4.68 Å². The summed E-state index contributed by atoms with van der Waals surface area (Å²) in [6.45, 7) is 6.18. The third-order valence-corrected chi connectivity index (χ3v) is 1.83. The second-order valence-electron chi connectivity index (χ2n) is 3.08. The number of nitrogens with zero attached hydrogens (tertiary/aromatic N) is 2. The topological polar surface area (TPSA) is 29.9 Å². The van der Waals surface area contributed by atoms with E-state index in [1.165, 1.54) is 12.1 Å². The zero-order valence-electron chi connectivity index (χ0n) is 8.09. The standard InChI is InChI=1S/C9H17N3/c1-4-5-10-7-9-6-8(2)11-12(9)3/h6,10H,4-5,7H2,1-3H3. The molecule has 0 aromatic carbocycles. The molecule has 1 aromatic heterocycles. The highest BCUT2D eigenvalue weighted by Crippen LogP contribution is 2.00. The van der Waals surface area contributed by atoms with E-state index in [2.05, 4.69) is 23.4 Å². The maximum atomic E-state index is 4.27. The summed E-state index contributed by atoms with van der Waals surface area (Å²) in [4.78, 5) is 0. The fraction of sp³-hybridized carbons (Fsp3) is 0.667. The Bertz CT molecular complexity index is 240. The lowest BCUT2D eigenvalue weighted by Crippen LogP contribution is -2.16. The predicted octanol–water partition coefficient (Wildman–Crippen LogP) is 1.23. The Morgan fingerprint density at radius 3 is 2.83 bits per heavy atom. The molecule has 0 aliphatic rings. The summed E-state index contributed by atoms with van der Waals surface area (Å²) in [7, 11) is 1.98. The maximum absolute atomic E-state index is 4.27. The molecule has 1 rings (SSSR count). The highest BCUT2D eigenvalue weighted by atomic mass is 15.3. The van der Waals surface area contributed by atoms with Gasteiger partial charge in [-0.25, -0.2) is 0 Å². The minimum Gasteiger partial charge on any atom is -0.311 e. The van der Waals surface area contributed by atoms with Crippen molar-refractivity contribution >= 4 is 0 Å². The van der Waals surface area contributed by atoms with Crippen LogP contribution in [0.2, 0.25) is 0 Å². The van der Waals surface area contributed by atoms with E-state index < -0.39 is 0 Å². The molecule has 0 amide bonds. The van der Waals surface area contributed by atoms with Crippen LogP contribution in [0.1, 0.15) is 24.7 Å². The minimum absolute atomic E-state index is 0.922. The van der Waals surface area contributed by atoms with Crippen molar-refractivity contribution in [3.63, 3.8) is 0 Å². The summed E-state index contributed by atoms with van der Waals surface area (Å²) in [5.41, 5.74) is 2.34. The minimum atomic E-state index is 0.922.